The van der Waals surface area contributed by atoms with Crippen molar-refractivity contribution < 1.29 is 19.4 Å². The third-order valence-corrected chi connectivity index (χ3v) is 2.80. The number of methoxy groups -OCH3 is 1. The summed E-state index contributed by atoms with van der Waals surface area (Å²) in [5.41, 5.74) is 0. The summed E-state index contributed by atoms with van der Waals surface area (Å²) < 4.78 is 10.9. The van der Waals surface area contributed by atoms with Crippen LogP contribution in [0.5, 0.6) is 0 Å². The van der Waals surface area contributed by atoms with E-state index in [0.717, 1.165) is 25.7 Å². The molecule has 1 fully saturated rings. The number of carbonyl (C=O) groups is 1. The average Bonchev–Trinajstić information content (AvgIpc) is 2.24. The summed E-state index contributed by atoms with van der Waals surface area (Å²) in [6.45, 7) is 0.549. The van der Waals surface area contributed by atoms with Crippen LogP contribution in [-0.2, 0) is 14.3 Å². The van der Waals surface area contributed by atoms with Crippen LogP contribution in [-0.4, -0.2) is 37.0 Å². The normalized spacial score (nSPS) is 26.5. The maximum absolute atomic E-state index is 10.3. The van der Waals surface area contributed by atoms with Crippen molar-refractivity contribution in [2.24, 2.45) is 0 Å². The maximum atomic E-state index is 10.3. The van der Waals surface area contributed by atoms with Gasteiger partial charge in [0.1, 0.15) is 0 Å². The summed E-state index contributed by atoms with van der Waals surface area (Å²) in [5.74, 6) is -0.753. The Labute approximate surface area is 90.6 Å². The van der Waals surface area contributed by atoms with Gasteiger partial charge in [-0.3, -0.25) is 4.79 Å². The number of carboxylic acid groups (broad SMARTS) is 1. The third-order valence-electron chi connectivity index (χ3n) is 2.80. The molecule has 0 saturated heterocycles. The molecule has 0 spiro atoms. The zero-order valence-electron chi connectivity index (χ0n) is 9.28. The monoisotopic (exact) mass is 216 g/mol. The Bertz CT molecular complexity index is 193. The first kappa shape index (κ1) is 12.5. The van der Waals surface area contributed by atoms with Crippen LogP contribution in [0.3, 0.4) is 0 Å². The molecule has 1 saturated carbocycles. The topological polar surface area (TPSA) is 55.8 Å². The predicted molar refractivity (Wildman–Crippen MR) is 55.9 cm³/mol. The van der Waals surface area contributed by atoms with Gasteiger partial charge < -0.3 is 14.6 Å². The summed E-state index contributed by atoms with van der Waals surface area (Å²) in [4.78, 5) is 10.3. The Morgan fingerprint density at radius 2 is 2.13 bits per heavy atom. The van der Waals surface area contributed by atoms with Gasteiger partial charge in [0.2, 0.25) is 0 Å². The first-order chi connectivity index (χ1) is 7.22. The van der Waals surface area contributed by atoms with Crippen molar-refractivity contribution in [3.8, 4) is 0 Å². The van der Waals surface area contributed by atoms with Crippen LogP contribution in [0.2, 0.25) is 0 Å². The molecule has 0 aliphatic heterocycles. The summed E-state index contributed by atoms with van der Waals surface area (Å²) in [6, 6.07) is 0. The molecule has 0 amide bonds. The first-order valence-corrected chi connectivity index (χ1v) is 5.58. The second-order valence-corrected chi connectivity index (χ2v) is 4.01. The van der Waals surface area contributed by atoms with Gasteiger partial charge in [0.15, 0.2) is 0 Å². The minimum atomic E-state index is -0.753. The van der Waals surface area contributed by atoms with Crippen molar-refractivity contribution in [3.63, 3.8) is 0 Å². The minimum absolute atomic E-state index is 0.195. The summed E-state index contributed by atoms with van der Waals surface area (Å²) in [7, 11) is 1.73. The Balaban J connectivity index is 2.07. The van der Waals surface area contributed by atoms with Crippen LogP contribution in [0.15, 0.2) is 0 Å². The molecule has 1 aliphatic carbocycles. The largest absolute Gasteiger partial charge is 0.481 e. The van der Waals surface area contributed by atoms with Crippen molar-refractivity contribution in [2.75, 3.05) is 13.7 Å². The highest BCUT2D eigenvalue weighted by Gasteiger charge is 2.21. The van der Waals surface area contributed by atoms with E-state index in [-0.39, 0.29) is 12.5 Å². The Hall–Kier alpha value is -0.610. The highest BCUT2D eigenvalue weighted by molar-refractivity contribution is 5.66. The van der Waals surface area contributed by atoms with Gasteiger partial charge in [-0.25, -0.2) is 0 Å². The molecule has 2 atom stereocenters. The second-order valence-electron chi connectivity index (χ2n) is 4.01. The predicted octanol–water partition coefficient (Wildman–Crippen LogP) is 1.83. The molecular weight excluding hydrogens is 196 g/mol. The summed E-state index contributed by atoms with van der Waals surface area (Å²) in [5, 5.41) is 8.46. The quantitative estimate of drug-likeness (QED) is 0.688. The molecular formula is C11H20O4. The number of hydrogen-bond acceptors (Lipinski definition) is 3. The molecule has 0 bridgehead atoms. The lowest BCUT2D eigenvalue weighted by atomic mass is 9.95. The molecule has 0 aromatic rings. The highest BCUT2D eigenvalue weighted by atomic mass is 16.5. The second kappa shape index (κ2) is 6.80. The number of aliphatic carboxylic acids is 1. The first-order valence-electron chi connectivity index (χ1n) is 5.58. The molecule has 0 radical (unpaired) electrons. The van der Waals surface area contributed by atoms with Gasteiger partial charge >= 0.3 is 5.97 Å². The fourth-order valence-corrected chi connectivity index (χ4v) is 1.94. The van der Waals surface area contributed by atoms with Crippen LogP contribution >= 0.6 is 0 Å². The van der Waals surface area contributed by atoms with Gasteiger partial charge in [-0.2, -0.15) is 0 Å². The van der Waals surface area contributed by atoms with Crippen LogP contribution in [0.4, 0.5) is 0 Å². The fraction of sp³-hybridized carbons (Fsp3) is 0.909. The van der Waals surface area contributed by atoms with Crippen molar-refractivity contribution in [2.45, 2.75) is 50.7 Å². The van der Waals surface area contributed by atoms with E-state index in [0.29, 0.717) is 19.1 Å². The Morgan fingerprint density at radius 3 is 2.80 bits per heavy atom. The van der Waals surface area contributed by atoms with Crippen molar-refractivity contribution in [1.82, 2.24) is 0 Å². The SMILES string of the molecule is COC1CCCC(OCCCC(=O)O)C1. The molecule has 4 nitrogen and oxygen atoms in total. The standard InChI is InChI=1S/C11H20O4/c1-14-9-4-2-5-10(8-9)15-7-3-6-11(12)13/h9-10H,2-8H2,1H3,(H,12,13). The van der Waals surface area contributed by atoms with Gasteiger partial charge in [-0.15, -0.1) is 0 Å². The molecule has 2 unspecified atom stereocenters. The van der Waals surface area contributed by atoms with E-state index >= 15 is 0 Å². The number of rotatable bonds is 6. The van der Waals surface area contributed by atoms with Crippen molar-refractivity contribution in [1.29, 1.82) is 0 Å². The molecule has 0 aromatic carbocycles. The van der Waals surface area contributed by atoms with E-state index in [2.05, 4.69) is 0 Å². The van der Waals surface area contributed by atoms with Crippen LogP contribution < -0.4 is 0 Å². The van der Waals surface area contributed by atoms with E-state index in [1.54, 1.807) is 7.11 Å². The lowest BCUT2D eigenvalue weighted by Gasteiger charge is -2.28. The number of carboxylic acids is 1. The van der Waals surface area contributed by atoms with E-state index < -0.39 is 5.97 Å². The van der Waals surface area contributed by atoms with Gasteiger partial charge in [0.25, 0.3) is 0 Å². The van der Waals surface area contributed by atoms with Crippen LogP contribution in [0.1, 0.15) is 38.5 Å². The van der Waals surface area contributed by atoms with E-state index in [1.165, 1.54) is 0 Å². The average molecular weight is 216 g/mol. The lowest BCUT2D eigenvalue weighted by Crippen LogP contribution is -2.27. The van der Waals surface area contributed by atoms with Crippen molar-refractivity contribution >= 4 is 5.97 Å². The van der Waals surface area contributed by atoms with E-state index in [9.17, 15) is 4.79 Å². The van der Waals surface area contributed by atoms with E-state index in [1.807, 2.05) is 0 Å². The fourth-order valence-electron chi connectivity index (χ4n) is 1.94. The number of ether oxygens (including phenoxy) is 2. The minimum Gasteiger partial charge on any atom is -0.481 e. The molecule has 88 valence electrons. The molecule has 0 aromatic heterocycles. The van der Waals surface area contributed by atoms with Crippen molar-refractivity contribution in [3.05, 3.63) is 0 Å². The van der Waals surface area contributed by atoms with E-state index in [4.69, 9.17) is 14.6 Å². The number of hydrogen-bond donors (Lipinski definition) is 1. The molecule has 1 rings (SSSR count). The summed E-state index contributed by atoms with van der Waals surface area (Å²) >= 11 is 0. The molecule has 4 heteroatoms. The zero-order valence-corrected chi connectivity index (χ0v) is 9.28. The zero-order chi connectivity index (χ0) is 11.1. The van der Waals surface area contributed by atoms with Crippen LogP contribution in [0.25, 0.3) is 0 Å². The van der Waals surface area contributed by atoms with Gasteiger partial charge in [0.05, 0.1) is 12.2 Å². The Kier molecular flexibility index (Phi) is 5.65. The molecule has 1 aliphatic rings. The van der Waals surface area contributed by atoms with Crippen LogP contribution in [0, 0.1) is 0 Å². The van der Waals surface area contributed by atoms with Gasteiger partial charge in [0, 0.05) is 20.1 Å². The Morgan fingerprint density at radius 1 is 1.40 bits per heavy atom. The lowest BCUT2D eigenvalue weighted by molar-refractivity contribution is -0.137. The van der Waals surface area contributed by atoms with Gasteiger partial charge in [-0.05, 0) is 32.1 Å². The third kappa shape index (κ3) is 5.14. The summed E-state index contributed by atoms with van der Waals surface area (Å²) in [6.07, 6.45) is 5.66. The molecule has 1 N–H and O–H groups in total. The maximum Gasteiger partial charge on any atom is 0.303 e. The highest BCUT2D eigenvalue weighted by Crippen LogP contribution is 2.23. The molecule has 15 heavy (non-hydrogen) atoms. The smallest absolute Gasteiger partial charge is 0.303 e. The molecule has 0 heterocycles. The van der Waals surface area contributed by atoms with Gasteiger partial charge in [-0.1, -0.05) is 0 Å².